The first-order chi connectivity index (χ1) is 23.3. The second kappa shape index (κ2) is 12.4. The molecular formula is C41H49N7O2. The molecule has 0 fully saturated rings. The highest BCUT2D eigenvalue weighted by molar-refractivity contribution is 5.75. The Morgan fingerprint density at radius 1 is 0.580 bits per heavy atom. The van der Waals surface area contributed by atoms with E-state index in [1.165, 1.54) is 9.59 Å². The molecule has 50 heavy (non-hydrogen) atoms. The summed E-state index contributed by atoms with van der Waals surface area (Å²) in [4.78, 5) is 15.9. The summed E-state index contributed by atoms with van der Waals surface area (Å²) in [5, 5.41) is 34.6. The van der Waals surface area contributed by atoms with Gasteiger partial charge in [0.25, 0.3) is 0 Å². The minimum atomic E-state index is -0.265. The molecule has 4 aromatic carbocycles. The van der Waals surface area contributed by atoms with Crippen LogP contribution in [-0.2, 0) is 17.3 Å². The molecule has 9 nitrogen and oxygen atoms in total. The maximum atomic E-state index is 12.9. The lowest BCUT2D eigenvalue weighted by Crippen LogP contribution is -2.25. The van der Waals surface area contributed by atoms with Gasteiger partial charge in [0.15, 0.2) is 0 Å². The van der Waals surface area contributed by atoms with E-state index in [1.54, 1.807) is 0 Å². The van der Waals surface area contributed by atoms with Gasteiger partial charge in [0.2, 0.25) is 0 Å². The molecule has 9 heteroatoms. The number of hydrogen-bond acceptors (Lipinski definition) is 7. The fourth-order valence-corrected chi connectivity index (χ4v) is 7.81. The summed E-state index contributed by atoms with van der Waals surface area (Å²) < 4.78 is 0. The van der Waals surface area contributed by atoms with Gasteiger partial charge in [-0.3, -0.25) is 0 Å². The average molecular weight is 672 g/mol. The van der Waals surface area contributed by atoms with Crippen molar-refractivity contribution in [2.45, 2.75) is 99.3 Å². The van der Waals surface area contributed by atoms with Crippen molar-refractivity contribution in [2.24, 2.45) is 16.0 Å². The van der Waals surface area contributed by atoms with Crippen LogP contribution in [0.3, 0.4) is 0 Å². The van der Waals surface area contributed by atoms with Gasteiger partial charge in [-0.15, -0.1) is 34.9 Å². The largest absolute Gasteiger partial charge is 0.505 e. The van der Waals surface area contributed by atoms with Crippen molar-refractivity contribution in [1.29, 1.82) is 0 Å². The number of phenolic OH excluding ortho intramolecular Hbond substituents is 1. The van der Waals surface area contributed by atoms with Gasteiger partial charge in [-0.1, -0.05) is 106 Å². The number of aromatic hydroxyl groups is 1. The van der Waals surface area contributed by atoms with Gasteiger partial charge in [0, 0.05) is 12.0 Å². The lowest BCUT2D eigenvalue weighted by Gasteiger charge is -2.34. The molecule has 0 bridgehead atoms. The molecule has 0 aliphatic rings. The quantitative estimate of drug-likeness (QED) is 0.153. The standard InChI is InChI=1S/C41H49N7O2/c1-38(2,3)24-40(7,8)28-20-26(36(46-50)34(22-28)47-42-30-15-11-12-16-31(30)43-47)19-27-21-29(41(9,10)25-39(4,5)6)23-35(37(27)49)48-44-32-17-13-14-18-33(32)45-48/h11-18,20-23,49H,19,24-25H2,1-10H3. The highest BCUT2D eigenvalue weighted by Gasteiger charge is 2.32. The van der Waals surface area contributed by atoms with E-state index in [0.29, 0.717) is 22.5 Å². The number of nitrogens with zero attached hydrogens (tertiary/aromatic N) is 7. The van der Waals surface area contributed by atoms with Crippen LogP contribution in [0.2, 0.25) is 0 Å². The van der Waals surface area contributed by atoms with Crippen LogP contribution in [0.5, 0.6) is 5.75 Å². The maximum Gasteiger partial charge on any atom is 0.146 e. The molecule has 0 aliphatic heterocycles. The van der Waals surface area contributed by atoms with E-state index in [1.807, 2.05) is 60.7 Å². The van der Waals surface area contributed by atoms with Gasteiger partial charge in [-0.2, -0.15) is 0 Å². The Balaban J connectivity index is 1.58. The van der Waals surface area contributed by atoms with Crippen molar-refractivity contribution < 1.29 is 5.11 Å². The van der Waals surface area contributed by atoms with Crippen molar-refractivity contribution in [3.63, 3.8) is 0 Å². The summed E-state index contributed by atoms with van der Waals surface area (Å²) in [7, 11) is 0. The van der Waals surface area contributed by atoms with E-state index in [-0.39, 0.29) is 39.5 Å². The van der Waals surface area contributed by atoms with E-state index in [0.717, 1.165) is 46.0 Å². The number of phenols is 1. The van der Waals surface area contributed by atoms with Crippen LogP contribution >= 0.6 is 0 Å². The maximum absolute atomic E-state index is 12.9. The van der Waals surface area contributed by atoms with Gasteiger partial charge in [-0.25, -0.2) is 0 Å². The molecule has 0 spiro atoms. The topological polar surface area (TPSA) is 111 Å². The van der Waals surface area contributed by atoms with E-state index < -0.39 is 0 Å². The molecule has 0 saturated heterocycles. The van der Waals surface area contributed by atoms with Crippen molar-refractivity contribution >= 4 is 27.8 Å². The highest BCUT2D eigenvalue weighted by atomic mass is 16.3. The van der Waals surface area contributed by atoms with E-state index in [9.17, 15) is 10.0 Å². The molecule has 2 heterocycles. The van der Waals surface area contributed by atoms with Crippen LogP contribution in [-0.4, -0.2) is 35.1 Å². The molecular weight excluding hydrogens is 622 g/mol. The minimum absolute atomic E-state index is 0.0461. The summed E-state index contributed by atoms with van der Waals surface area (Å²) >= 11 is 0. The molecule has 1 N–H and O–H groups in total. The molecule has 0 atom stereocenters. The molecule has 0 saturated carbocycles. The van der Waals surface area contributed by atoms with Crippen molar-refractivity contribution in [1.82, 2.24) is 30.0 Å². The van der Waals surface area contributed by atoms with Crippen LogP contribution < -0.4 is 0 Å². The second-order valence-electron chi connectivity index (χ2n) is 17.5. The lowest BCUT2D eigenvalue weighted by molar-refractivity contribution is 0.283. The first-order valence-electron chi connectivity index (χ1n) is 17.4. The number of aromatic nitrogens is 6. The van der Waals surface area contributed by atoms with Gasteiger partial charge < -0.3 is 5.11 Å². The third-order valence-corrected chi connectivity index (χ3v) is 9.32. The minimum Gasteiger partial charge on any atom is -0.505 e. The Bertz CT molecular complexity index is 2140. The number of benzene rings is 4. The molecule has 0 amide bonds. The van der Waals surface area contributed by atoms with E-state index in [2.05, 4.69) is 86.5 Å². The zero-order valence-corrected chi connectivity index (χ0v) is 31.0. The van der Waals surface area contributed by atoms with Gasteiger partial charge in [0.05, 0.1) is 0 Å². The van der Waals surface area contributed by atoms with Crippen LogP contribution in [0.4, 0.5) is 5.69 Å². The molecule has 0 unspecified atom stereocenters. The first-order valence-corrected chi connectivity index (χ1v) is 17.4. The van der Waals surface area contributed by atoms with Crippen molar-refractivity contribution in [2.75, 3.05) is 0 Å². The second-order valence-corrected chi connectivity index (χ2v) is 17.5. The summed E-state index contributed by atoms with van der Waals surface area (Å²) in [6, 6.07) is 23.4. The number of rotatable bonds is 9. The summed E-state index contributed by atoms with van der Waals surface area (Å²) in [5.74, 6) is 0.0568. The Morgan fingerprint density at radius 2 is 0.960 bits per heavy atom. The predicted molar refractivity (Wildman–Crippen MR) is 202 cm³/mol. The Labute approximate surface area is 294 Å². The number of fused-ring (bicyclic) bond motifs is 2. The average Bonchev–Trinajstić information content (AvgIpc) is 3.64. The molecule has 0 radical (unpaired) electrons. The van der Waals surface area contributed by atoms with Crippen LogP contribution in [0, 0.1) is 15.7 Å². The zero-order valence-electron chi connectivity index (χ0n) is 31.0. The number of hydrogen-bond donors (Lipinski definition) is 1. The Kier molecular flexibility index (Phi) is 8.69. The van der Waals surface area contributed by atoms with Crippen molar-refractivity contribution in [3.8, 4) is 17.1 Å². The third kappa shape index (κ3) is 7.18. The lowest BCUT2D eigenvalue weighted by atomic mass is 9.71. The van der Waals surface area contributed by atoms with Gasteiger partial charge in [0.1, 0.15) is 44.9 Å². The first kappa shape index (κ1) is 34.9. The third-order valence-electron chi connectivity index (χ3n) is 9.32. The zero-order chi connectivity index (χ0) is 36.2. The summed E-state index contributed by atoms with van der Waals surface area (Å²) in [5.41, 5.74) is 7.14. The van der Waals surface area contributed by atoms with Crippen LogP contribution in [0.25, 0.3) is 33.4 Å². The van der Waals surface area contributed by atoms with Crippen LogP contribution in [0.1, 0.15) is 104 Å². The summed E-state index contributed by atoms with van der Waals surface area (Å²) in [6.07, 6.45) is 2.04. The normalized spacial score (nSPS) is 13.0. The summed E-state index contributed by atoms with van der Waals surface area (Å²) in [6.45, 7) is 22.3. The fraction of sp³-hybridized carbons (Fsp3) is 0.415. The molecule has 0 aliphatic carbocycles. The van der Waals surface area contributed by atoms with Crippen LogP contribution in [0.15, 0.2) is 78.0 Å². The van der Waals surface area contributed by atoms with Gasteiger partial charge >= 0.3 is 0 Å². The molecule has 6 rings (SSSR count). The monoisotopic (exact) mass is 671 g/mol. The smallest absolute Gasteiger partial charge is 0.146 e. The Hall–Kier alpha value is -4.92. The fourth-order valence-electron chi connectivity index (χ4n) is 7.81. The molecule has 2 aromatic heterocycles. The van der Waals surface area contributed by atoms with Gasteiger partial charge in [-0.05, 0) is 92.8 Å². The highest BCUT2D eigenvalue weighted by Crippen LogP contribution is 2.44. The number of nitroso groups, excluding NO2 is 1. The van der Waals surface area contributed by atoms with Crippen molar-refractivity contribution in [3.05, 3.63) is 100.0 Å². The SMILES string of the molecule is CC(C)(C)CC(C)(C)c1cc(Cc2cc(C(C)(C)CC(C)(C)C)cc(-n3nc4ccccc4n3)c2N=O)c(O)c(-n2nc3ccccc3n2)c1. The molecule has 260 valence electrons. The van der Waals surface area contributed by atoms with E-state index >= 15 is 0 Å². The molecule has 6 aromatic rings. The van der Waals surface area contributed by atoms with E-state index in [4.69, 9.17) is 20.4 Å². The Morgan fingerprint density at radius 3 is 1.36 bits per heavy atom. The predicted octanol–water partition coefficient (Wildman–Crippen LogP) is 10.3.